The zero-order valence-corrected chi connectivity index (χ0v) is 15.5. The maximum atomic E-state index is 12.3. The maximum Gasteiger partial charge on any atom is 0.211 e. The number of hydrogen-bond donors (Lipinski definition) is 0. The van der Waals surface area contributed by atoms with Gasteiger partial charge in [-0.3, -0.25) is 4.79 Å². The molecule has 0 radical (unpaired) electrons. The molecule has 0 atom stereocenters. The van der Waals surface area contributed by atoms with Crippen LogP contribution in [0.25, 0.3) is 6.08 Å². The van der Waals surface area contributed by atoms with E-state index in [1.807, 2.05) is 54.6 Å². The molecule has 0 saturated carbocycles. The smallest absolute Gasteiger partial charge is 0.211 e. The van der Waals surface area contributed by atoms with Crippen molar-refractivity contribution in [2.45, 2.75) is 0 Å². The molecular weight excluding hydrogens is 348 g/mol. The fourth-order valence-corrected chi connectivity index (χ4v) is 3.77. The molecule has 1 heterocycles. The Hall–Kier alpha value is -2.44. The predicted molar refractivity (Wildman–Crippen MR) is 105 cm³/mol. The van der Waals surface area contributed by atoms with Gasteiger partial charge in [-0.15, -0.1) is 0 Å². The summed E-state index contributed by atoms with van der Waals surface area (Å²) >= 11 is 0. The first-order valence-electron chi connectivity index (χ1n) is 8.51. The number of ketones is 1. The second-order valence-electron chi connectivity index (χ2n) is 6.30. The number of carbonyl (C=O) groups excluding carboxylic acids is 1. The first-order chi connectivity index (χ1) is 12.4. The lowest BCUT2D eigenvalue weighted by Crippen LogP contribution is -2.48. The van der Waals surface area contributed by atoms with Crippen molar-refractivity contribution in [2.75, 3.05) is 37.3 Å². The van der Waals surface area contributed by atoms with Crippen molar-refractivity contribution in [3.05, 3.63) is 71.8 Å². The molecular formula is C20H22N2O3S. The highest BCUT2D eigenvalue weighted by Gasteiger charge is 2.23. The third-order valence-electron chi connectivity index (χ3n) is 4.45. The quantitative estimate of drug-likeness (QED) is 0.600. The summed E-state index contributed by atoms with van der Waals surface area (Å²) in [7, 11) is -3.12. The number of rotatable bonds is 5. The third kappa shape index (κ3) is 4.59. The number of carbonyl (C=O) groups is 1. The van der Waals surface area contributed by atoms with Crippen LogP contribution in [0.3, 0.4) is 0 Å². The first kappa shape index (κ1) is 18.4. The summed E-state index contributed by atoms with van der Waals surface area (Å²) in [6.45, 7) is 2.27. The number of anilines is 1. The van der Waals surface area contributed by atoms with E-state index < -0.39 is 10.0 Å². The van der Waals surface area contributed by atoms with Gasteiger partial charge in [0.15, 0.2) is 5.78 Å². The number of hydrogen-bond acceptors (Lipinski definition) is 4. The molecule has 6 heteroatoms. The van der Waals surface area contributed by atoms with E-state index in [-0.39, 0.29) is 5.78 Å². The summed E-state index contributed by atoms with van der Waals surface area (Å²) in [4.78, 5) is 14.4. The molecule has 0 aliphatic carbocycles. The molecule has 1 aliphatic rings. The highest BCUT2D eigenvalue weighted by atomic mass is 32.2. The molecule has 2 aromatic rings. The van der Waals surface area contributed by atoms with E-state index in [0.717, 1.165) is 11.3 Å². The molecule has 0 unspecified atom stereocenters. The van der Waals surface area contributed by atoms with Gasteiger partial charge in [0, 0.05) is 37.4 Å². The molecule has 0 amide bonds. The Morgan fingerprint density at radius 2 is 1.54 bits per heavy atom. The Balaban J connectivity index is 1.62. The van der Waals surface area contributed by atoms with Gasteiger partial charge in [0.05, 0.1) is 6.26 Å². The second-order valence-corrected chi connectivity index (χ2v) is 8.29. The Labute approximate surface area is 154 Å². The number of allylic oxidation sites excluding steroid dienone is 1. The van der Waals surface area contributed by atoms with Crippen LogP contribution in [-0.2, 0) is 10.0 Å². The minimum atomic E-state index is -3.12. The highest BCUT2D eigenvalue weighted by Crippen LogP contribution is 2.19. The van der Waals surface area contributed by atoms with Gasteiger partial charge in [0.25, 0.3) is 0 Å². The first-order valence-corrected chi connectivity index (χ1v) is 10.4. The van der Waals surface area contributed by atoms with Crippen molar-refractivity contribution in [3.63, 3.8) is 0 Å². The molecule has 5 nitrogen and oxygen atoms in total. The molecule has 26 heavy (non-hydrogen) atoms. The molecule has 1 fully saturated rings. The van der Waals surface area contributed by atoms with Crippen LogP contribution < -0.4 is 4.90 Å². The van der Waals surface area contributed by atoms with E-state index in [2.05, 4.69) is 4.90 Å². The number of nitrogens with zero attached hydrogens (tertiary/aromatic N) is 2. The van der Waals surface area contributed by atoms with Gasteiger partial charge >= 0.3 is 0 Å². The van der Waals surface area contributed by atoms with Crippen LogP contribution in [0.15, 0.2) is 60.7 Å². The summed E-state index contributed by atoms with van der Waals surface area (Å²) in [5.74, 6) is -0.0395. The summed E-state index contributed by atoms with van der Waals surface area (Å²) in [6.07, 6.45) is 4.63. The van der Waals surface area contributed by atoms with E-state index >= 15 is 0 Å². The molecule has 1 aliphatic heterocycles. The molecule has 136 valence electrons. The molecule has 0 aromatic heterocycles. The number of piperazine rings is 1. The average molecular weight is 370 g/mol. The van der Waals surface area contributed by atoms with E-state index in [1.165, 1.54) is 10.6 Å². The van der Waals surface area contributed by atoms with Gasteiger partial charge in [-0.25, -0.2) is 8.42 Å². The molecule has 3 rings (SSSR count). The fourth-order valence-electron chi connectivity index (χ4n) is 2.95. The molecule has 0 spiro atoms. The van der Waals surface area contributed by atoms with Crippen LogP contribution in [-0.4, -0.2) is 50.9 Å². The predicted octanol–water partition coefficient (Wildman–Crippen LogP) is 2.66. The highest BCUT2D eigenvalue weighted by molar-refractivity contribution is 7.88. The van der Waals surface area contributed by atoms with Crippen molar-refractivity contribution in [1.29, 1.82) is 0 Å². The monoisotopic (exact) mass is 370 g/mol. The zero-order valence-electron chi connectivity index (χ0n) is 14.7. The van der Waals surface area contributed by atoms with Crippen molar-refractivity contribution in [1.82, 2.24) is 4.31 Å². The van der Waals surface area contributed by atoms with Gasteiger partial charge in [-0.2, -0.15) is 4.31 Å². The Kier molecular flexibility index (Phi) is 5.54. The van der Waals surface area contributed by atoms with Crippen molar-refractivity contribution >= 4 is 27.6 Å². The summed E-state index contributed by atoms with van der Waals surface area (Å²) < 4.78 is 24.6. The van der Waals surface area contributed by atoms with Crippen LogP contribution in [0, 0.1) is 0 Å². The summed E-state index contributed by atoms with van der Waals surface area (Å²) in [6, 6.07) is 17.2. The summed E-state index contributed by atoms with van der Waals surface area (Å²) in [5.41, 5.74) is 2.62. The minimum Gasteiger partial charge on any atom is -0.369 e. The molecule has 2 aromatic carbocycles. The van der Waals surface area contributed by atoms with Gasteiger partial charge in [0.1, 0.15) is 0 Å². The lowest BCUT2D eigenvalue weighted by atomic mass is 10.1. The Morgan fingerprint density at radius 1 is 0.923 bits per heavy atom. The van der Waals surface area contributed by atoms with E-state index in [1.54, 1.807) is 12.2 Å². The van der Waals surface area contributed by atoms with Crippen molar-refractivity contribution in [3.8, 4) is 0 Å². The molecule has 1 saturated heterocycles. The van der Waals surface area contributed by atoms with Gasteiger partial charge in [-0.1, -0.05) is 36.4 Å². The largest absolute Gasteiger partial charge is 0.369 e. The van der Waals surface area contributed by atoms with Crippen LogP contribution in [0.4, 0.5) is 5.69 Å². The SMILES string of the molecule is CS(=O)(=O)N1CCN(c2ccc(C(=O)/C=C/c3ccccc3)cc2)CC1. The normalized spacial score (nSPS) is 16.1. The van der Waals surface area contributed by atoms with Crippen molar-refractivity contribution < 1.29 is 13.2 Å². The zero-order chi connectivity index (χ0) is 18.6. The average Bonchev–Trinajstić information content (AvgIpc) is 2.66. The standard InChI is InChI=1S/C20H22N2O3S/c1-26(24,25)22-15-13-21(14-16-22)19-10-8-18(9-11-19)20(23)12-7-17-5-3-2-4-6-17/h2-12H,13-16H2,1H3/b12-7+. The lowest BCUT2D eigenvalue weighted by molar-refractivity contribution is 0.104. The number of sulfonamides is 1. The minimum absolute atomic E-state index is 0.0395. The second kappa shape index (κ2) is 7.85. The van der Waals surface area contributed by atoms with Gasteiger partial charge in [-0.05, 0) is 35.9 Å². The third-order valence-corrected chi connectivity index (χ3v) is 5.75. The van der Waals surface area contributed by atoms with E-state index in [4.69, 9.17) is 0 Å². The Morgan fingerprint density at radius 3 is 2.12 bits per heavy atom. The summed E-state index contributed by atoms with van der Waals surface area (Å²) in [5, 5.41) is 0. The van der Waals surface area contributed by atoms with Crippen molar-refractivity contribution in [2.24, 2.45) is 0 Å². The van der Waals surface area contributed by atoms with Crippen LogP contribution in [0.1, 0.15) is 15.9 Å². The fraction of sp³-hybridized carbons (Fsp3) is 0.250. The lowest BCUT2D eigenvalue weighted by Gasteiger charge is -2.34. The molecule has 0 N–H and O–H groups in total. The Bertz CT molecular complexity index is 882. The van der Waals surface area contributed by atoms with E-state index in [9.17, 15) is 13.2 Å². The van der Waals surface area contributed by atoms with Crippen LogP contribution in [0.5, 0.6) is 0 Å². The van der Waals surface area contributed by atoms with E-state index in [0.29, 0.717) is 31.7 Å². The molecule has 0 bridgehead atoms. The van der Waals surface area contributed by atoms with Crippen LogP contribution >= 0.6 is 0 Å². The number of benzene rings is 2. The van der Waals surface area contributed by atoms with Crippen LogP contribution in [0.2, 0.25) is 0 Å². The topological polar surface area (TPSA) is 57.7 Å². The van der Waals surface area contributed by atoms with Gasteiger partial charge < -0.3 is 4.90 Å². The maximum absolute atomic E-state index is 12.3. The van der Waals surface area contributed by atoms with Gasteiger partial charge in [0.2, 0.25) is 10.0 Å².